The maximum absolute atomic E-state index is 5.79. The Hall–Kier alpha value is -0.510. The highest BCUT2D eigenvalue weighted by Gasteiger charge is 2.02. The number of thiazole rings is 1. The van der Waals surface area contributed by atoms with E-state index in [1.165, 1.54) is 20.9 Å². The molecule has 0 amide bonds. The third-order valence-electron chi connectivity index (χ3n) is 2.38. The van der Waals surface area contributed by atoms with Crippen LogP contribution >= 0.6 is 34.7 Å². The molecule has 84 valence electrons. The van der Waals surface area contributed by atoms with Crippen LogP contribution in [-0.4, -0.2) is 4.98 Å². The van der Waals surface area contributed by atoms with Crippen molar-refractivity contribution in [2.75, 3.05) is 0 Å². The first kappa shape index (κ1) is 12.0. The topological polar surface area (TPSA) is 12.9 Å². The average Bonchev–Trinajstić information content (AvgIpc) is 2.66. The molecule has 1 heterocycles. The van der Waals surface area contributed by atoms with Gasteiger partial charge in [0.2, 0.25) is 0 Å². The van der Waals surface area contributed by atoms with E-state index >= 15 is 0 Å². The average molecular weight is 270 g/mol. The zero-order valence-electron chi connectivity index (χ0n) is 9.16. The summed E-state index contributed by atoms with van der Waals surface area (Å²) < 4.78 is 0.621. The van der Waals surface area contributed by atoms with Gasteiger partial charge in [0, 0.05) is 21.7 Å². The molecule has 0 aliphatic heterocycles. The molecule has 16 heavy (non-hydrogen) atoms. The summed E-state index contributed by atoms with van der Waals surface area (Å²) in [5.74, 6) is 0.937. The predicted molar refractivity (Wildman–Crippen MR) is 72.6 cm³/mol. The smallest absolute Gasteiger partial charge is 0.183 e. The molecule has 1 aromatic heterocycles. The van der Waals surface area contributed by atoms with Crippen molar-refractivity contribution in [1.29, 1.82) is 0 Å². The SMILES string of the molecule is Cc1ccc(SCc2cnc(Cl)s2)cc1C. The van der Waals surface area contributed by atoms with Crippen molar-refractivity contribution in [2.24, 2.45) is 0 Å². The molecule has 0 saturated carbocycles. The van der Waals surface area contributed by atoms with E-state index in [1.54, 1.807) is 11.3 Å². The van der Waals surface area contributed by atoms with Gasteiger partial charge in [0.05, 0.1) is 0 Å². The van der Waals surface area contributed by atoms with E-state index in [9.17, 15) is 0 Å². The van der Waals surface area contributed by atoms with E-state index in [1.807, 2.05) is 18.0 Å². The summed E-state index contributed by atoms with van der Waals surface area (Å²) in [5.41, 5.74) is 2.68. The summed E-state index contributed by atoms with van der Waals surface area (Å²) in [7, 11) is 0. The zero-order valence-corrected chi connectivity index (χ0v) is 11.5. The first-order valence-corrected chi connectivity index (χ1v) is 7.13. The lowest BCUT2D eigenvalue weighted by molar-refractivity contribution is 1.27. The van der Waals surface area contributed by atoms with Crippen LogP contribution in [0.1, 0.15) is 16.0 Å². The molecule has 2 rings (SSSR count). The van der Waals surface area contributed by atoms with E-state index in [0.29, 0.717) is 4.47 Å². The lowest BCUT2D eigenvalue weighted by Gasteiger charge is -2.03. The molecular weight excluding hydrogens is 258 g/mol. The van der Waals surface area contributed by atoms with Crippen LogP contribution in [0.5, 0.6) is 0 Å². The number of aromatic nitrogens is 1. The largest absolute Gasteiger partial charge is 0.233 e. The molecule has 0 radical (unpaired) electrons. The van der Waals surface area contributed by atoms with Crippen molar-refractivity contribution in [3.63, 3.8) is 0 Å². The zero-order chi connectivity index (χ0) is 11.5. The van der Waals surface area contributed by atoms with Crippen molar-refractivity contribution < 1.29 is 0 Å². The predicted octanol–water partition coefficient (Wildman–Crippen LogP) is 4.71. The number of hydrogen-bond acceptors (Lipinski definition) is 3. The number of benzene rings is 1. The Balaban J connectivity index is 2.02. The van der Waals surface area contributed by atoms with E-state index in [2.05, 4.69) is 37.0 Å². The van der Waals surface area contributed by atoms with Gasteiger partial charge in [-0.15, -0.1) is 23.1 Å². The third kappa shape index (κ3) is 3.00. The Morgan fingerprint density at radius 1 is 1.31 bits per heavy atom. The summed E-state index contributed by atoms with van der Waals surface area (Å²) in [5, 5.41) is 0. The van der Waals surface area contributed by atoms with E-state index < -0.39 is 0 Å². The van der Waals surface area contributed by atoms with E-state index in [4.69, 9.17) is 11.6 Å². The number of thioether (sulfide) groups is 1. The lowest BCUT2D eigenvalue weighted by atomic mass is 10.1. The second-order valence-electron chi connectivity index (χ2n) is 3.61. The highest BCUT2D eigenvalue weighted by Crippen LogP contribution is 2.28. The lowest BCUT2D eigenvalue weighted by Crippen LogP contribution is -1.81. The van der Waals surface area contributed by atoms with Gasteiger partial charge in [-0.25, -0.2) is 4.98 Å². The van der Waals surface area contributed by atoms with Gasteiger partial charge in [-0.2, -0.15) is 0 Å². The van der Waals surface area contributed by atoms with E-state index in [0.717, 1.165) is 5.75 Å². The number of nitrogens with zero attached hydrogens (tertiary/aromatic N) is 1. The van der Waals surface area contributed by atoms with Crippen molar-refractivity contribution in [1.82, 2.24) is 4.98 Å². The number of halogens is 1. The minimum absolute atomic E-state index is 0.621. The second-order valence-corrected chi connectivity index (χ2v) is 6.36. The fourth-order valence-electron chi connectivity index (χ4n) is 1.31. The van der Waals surface area contributed by atoms with Crippen LogP contribution in [0, 0.1) is 13.8 Å². The Kier molecular flexibility index (Phi) is 3.90. The van der Waals surface area contributed by atoms with Crippen molar-refractivity contribution in [2.45, 2.75) is 24.5 Å². The molecule has 0 bridgehead atoms. The van der Waals surface area contributed by atoms with Gasteiger partial charge in [-0.3, -0.25) is 0 Å². The molecule has 1 aromatic carbocycles. The molecular formula is C12H12ClNS2. The molecule has 4 heteroatoms. The molecule has 0 atom stereocenters. The van der Waals surface area contributed by atoms with Crippen LogP contribution < -0.4 is 0 Å². The Labute approximate surface area is 109 Å². The molecule has 0 saturated heterocycles. The van der Waals surface area contributed by atoms with Gasteiger partial charge in [0.15, 0.2) is 4.47 Å². The Morgan fingerprint density at radius 3 is 2.75 bits per heavy atom. The summed E-state index contributed by atoms with van der Waals surface area (Å²) in [6.07, 6.45) is 1.85. The van der Waals surface area contributed by atoms with Crippen molar-refractivity contribution in [3.8, 4) is 0 Å². The molecule has 0 aliphatic rings. The van der Waals surface area contributed by atoms with Crippen LogP contribution in [0.3, 0.4) is 0 Å². The quantitative estimate of drug-likeness (QED) is 0.749. The van der Waals surface area contributed by atoms with Gasteiger partial charge >= 0.3 is 0 Å². The van der Waals surface area contributed by atoms with Crippen molar-refractivity contribution >= 4 is 34.7 Å². The number of hydrogen-bond donors (Lipinski definition) is 0. The summed E-state index contributed by atoms with van der Waals surface area (Å²) in [6, 6.07) is 6.55. The van der Waals surface area contributed by atoms with Gasteiger partial charge in [0.1, 0.15) is 0 Å². The molecule has 0 spiro atoms. The van der Waals surface area contributed by atoms with Crippen LogP contribution in [0.15, 0.2) is 29.3 Å². The van der Waals surface area contributed by atoms with E-state index in [-0.39, 0.29) is 0 Å². The monoisotopic (exact) mass is 269 g/mol. The van der Waals surface area contributed by atoms with Crippen LogP contribution in [0.4, 0.5) is 0 Å². The standard InChI is InChI=1S/C12H12ClNS2/c1-8-3-4-10(5-9(8)2)15-7-11-6-14-12(13)16-11/h3-6H,7H2,1-2H3. The van der Waals surface area contributed by atoms with Crippen LogP contribution in [-0.2, 0) is 5.75 Å². The molecule has 0 unspecified atom stereocenters. The van der Waals surface area contributed by atoms with Gasteiger partial charge in [0.25, 0.3) is 0 Å². The number of rotatable bonds is 3. The normalized spacial score (nSPS) is 10.7. The Bertz CT molecular complexity index is 494. The minimum atomic E-state index is 0.621. The molecule has 0 fully saturated rings. The number of aryl methyl sites for hydroxylation is 2. The summed E-state index contributed by atoms with van der Waals surface area (Å²) in [6.45, 7) is 4.27. The minimum Gasteiger partial charge on any atom is -0.233 e. The fraction of sp³-hybridized carbons (Fsp3) is 0.250. The fourth-order valence-corrected chi connectivity index (χ4v) is 3.30. The summed E-state index contributed by atoms with van der Waals surface area (Å²) in [4.78, 5) is 6.55. The van der Waals surface area contributed by atoms with Gasteiger partial charge in [-0.1, -0.05) is 17.7 Å². The van der Waals surface area contributed by atoms with Gasteiger partial charge in [-0.05, 0) is 37.1 Å². The highest BCUT2D eigenvalue weighted by atomic mass is 35.5. The molecule has 0 aliphatic carbocycles. The first-order valence-electron chi connectivity index (χ1n) is 4.95. The second kappa shape index (κ2) is 5.21. The molecule has 0 N–H and O–H groups in total. The highest BCUT2D eigenvalue weighted by molar-refractivity contribution is 7.98. The van der Waals surface area contributed by atoms with Crippen molar-refractivity contribution in [3.05, 3.63) is 44.9 Å². The molecule has 1 nitrogen and oxygen atoms in total. The first-order chi connectivity index (χ1) is 7.65. The maximum atomic E-state index is 5.79. The Morgan fingerprint density at radius 2 is 2.12 bits per heavy atom. The maximum Gasteiger partial charge on any atom is 0.183 e. The summed E-state index contributed by atoms with van der Waals surface area (Å²) >= 11 is 9.16. The molecule has 2 aromatic rings. The van der Waals surface area contributed by atoms with Gasteiger partial charge < -0.3 is 0 Å². The van der Waals surface area contributed by atoms with Crippen LogP contribution in [0.25, 0.3) is 0 Å². The van der Waals surface area contributed by atoms with Crippen LogP contribution in [0.2, 0.25) is 4.47 Å². The third-order valence-corrected chi connectivity index (χ3v) is 4.72.